The number of carboxylic acids is 1. The Morgan fingerprint density at radius 2 is 1.85 bits per heavy atom. The SMILES string of the molecule is O=C(O)C=CC=CCCCc1ccc2ccccc2c1. The van der Waals surface area contributed by atoms with Crippen molar-refractivity contribution in [3.8, 4) is 0 Å². The quantitative estimate of drug-likeness (QED) is 0.479. The second-order valence-electron chi connectivity index (χ2n) is 4.70. The number of allylic oxidation sites excluding steroid dienone is 3. The summed E-state index contributed by atoms with van der Waals surface area (Å²) in [7, 11) is 0. The van der Waals surface area contributed by atoms with E-state index in [-0.39, 0.29) is 0 Å². The molecule has 102 valence electrons. The average molecular weight is 266 g/mol. The molecular formula is C18H18O2. The van der Waals surface area contributed by atoms with Crippen molar-refractivity contribution in [1.82, 2.24) is 0 Å². The van der Waals surface area contributed by atoms with Gasteiger partial charge in [0.2, 0.25) is 0 Å². The number of hydrogen-bond donors (Lipinski definition) is 1. The summed E-state index contributed by atoms with van der Waals surface area (Å²) in [6.45, 7) is 0. The standard InChI is InChI=1S/C18H18O2/c19-18(20)11-5-3-1-2-4-8-15-12-13-16-9-6-7-10-17(16)14-15/h1,3,5-7,9-14H,2,4,8H2,(H,19,20). The first kappa shape index (κ1) is 14.1. The zero-order valence-electron chi connectivity index (χ0n) is 11.3. The minimum Gasteiger partial charge on any atom is -0.478 e. The molecule has 0 fully saturated rings. The summed E-state index contributed by atoms with van der Waals surface area (Å²) in [4.78, 5) is 10.3. The summed E-state index contributed by atoms with van der Waals surface area (Å²) >= 11 is 0. The summed E-state index contributed by atoms with van der Waals surface area (Å²) < 4.78 is 0. The Morgan fingerprint density at radius 3 is 2.65 bits per heavy atom. The molecular weight excluding hydrogens is 248 g/mol. The second-order valence-corrected chi connectivity index (χ2v) is 4.70. The summed E-state index contributed by atoms with van der Waals surface area (Å²) in [6.07, 6.45) is 9.54. The molecule has 0 saturated carbocycles. The van der Waals surface area contributed by atoms with E-state index in [9.17, 15) is 4.79 Å². The number of unbranched alkanes of at least 4 members (excludes halogenated alkanes) is 1. The maximum absolute atomic E-state index is 10.3. The highest BCUT2D eigenvalue weighted by atomic mass is 16.4. The number of aliphatic carboxylic acids is 1. The third-order valence-electron chi connectivity index (χ3n) is 3.14. The summed E-state index contributed by atoms with van der Waals surface area (Å²) in [5.74, 6) is -0.911. The van der Waals surface area contributed by atoms with E-state index in [1.165, 1.54) is 16.3 Å². The first-order valence-electron chi connectivity index (χ1n) is 6.79. The first-order valence-corrected chi connectivity index (χ1v) is 6.79. The molecule has 0 aromatic heterocycles. The molecule has 0 atom stereocenters. The topological polar surface area (TPSA) is 37.3 Å². The van der Waals surface area contributed by atoms with Crippen molar-refractivity contribution in [1.29, 1.82) is 0 Å². The van der Waals surface area contributed by atoms with Gasteiger partial charge in [-0.05, 0) is 35.6 Å². The Kier molecular flexibility index (Phi) is 5.13. The van der Waals surface area contributed by atoms with Gasteiger partial charge in [0, 0.05) is 6.08 Å². The van der Waals surface area contributed by atoms with Crippen LogP contribution in [0, 0.1) is 0 Å². The molecule has 0 heterocycles. The largest absolute Gasteiger partial charge is 0.478 e. The molecule has 0 radical (unpaired) electrons. The van der Waals surface area contributed by atoms with Crippen LogP contribution in [0.4, 0.5) is 0 Å². The van der Waals surface area contributed by atoms with Gasteiger partial charge in [0.1, 0.15) is 0 Å². The molecule has 0 aliphatic rings. The average Bonchev–Trinajstić information content (AvgIpc) is 2.46. The molecule has 0 aliphatic carbocycles. The fourth-order valence-electron chi connectivity index (χ4n) is 2.13. The molecule has 2 nitrogen and oxygen atoms in total. The number of hydrogen-bond acceptors (Lipinski definition) is 1. The molecule has 0 aliphatic heterocycles. The molecule has 0 bridgehead atoms. The van der Waals surface area contributed by atoms with E-state index in [1.807, 2.05) is 6.08 Å². The lowest BCUT2D eigenvalue weighted by molar-refractivity contribution is -0.131. The summed E-state index contributed by atoms with van der Waals surface area (Å²) in [5.41, 5.74) is 1.35. The van der Waals surface area contributed by atoms with Crippen LogP contribution in [-0.4, -0.2) is 11.1 Å². The molecule has 0 spiro atoms. The Labute approximate surface area is 119 Å². The van der Waals surface area contributed by atoms with E-state index in [1.54, 1.807) is 12.2 Å². The number of aryl methyl sites for hydroxylation is 1. The van der Waals surface area contributed by atoms with Crippen LogP contribution in [0.5, 0.6) is 0 Å². The van der Waals surface area contributed by atoms with E-state index >= 15 is 0 Å². The maximum atomic E-state index is 10.3. The van der Waals surface area contributed by atoms with Gasteiger partial charge in [0.05, 0.1) is 0 Å². The molecule has 2 aromatic carbocycles. The van der Waals surface area contributed by atoms with E-state index in [0.717, 1.165) is 25.3 Å². The molecule has 2 rings (SSSR count). The van der Waals surface area contributed by atoms with Crippen LogP contribution < -0.4 is 0 Å². The van der Waals surface area contributed by atoms with Gasteiger partial charge in [-0.15, -0.1) is 0 Å². The molecule has 0 amide bonds. The van der Waals surface area contributed by atoms with Crippen molar-refractivity contribution < 1.29 is 9.90 Å². The third-order valence-corrected chi connectivity index (χ3v) is 3.14. The van der Waals surface area contributed by atoms with E-state index in [0.29, 0.717) is 0 Å². The number of benzene rings is 2. The highest BCUT2D eigenvalue weighted by molar-refractivity contribution is 5.83. The van der Waals surface area contributed by atoms with E-state index in [4.69, 9.17) is 5.11 Å². The van der Waals surface area contributed by atoms with Gasteiger partial charge in [-0.1, -0.05) is 60.7 Å². The van der Waals surface area contributed by atoms with Gasteiger partial charge < -0.3 is 5.11 Å². The lowest BCUT2D eigenvalue weighted by Crippen LogP contribution is -1.85. The zero-order chi connectivity index (χ0) is 14.2. The molecule has 20 heavy (non-hydrogen) atoms. The Hall–Kier alpha value is -2.35. The smallest absolute Gasteiger partial charge is 0.328 e. The Balaban J connectivity index is 1.82. The number of carboxylic acid groups (broad SMARTS) is 1. The number of fused-ring (bicyclic) bond motifs is 1. The Morgan fingerprint density at radius 1 is 1.05 bits per heavy atom. The highest BCUT2D eigenvalue weighted by Gasteiger charge is 1.95. The normalized spacial score (nSPS) is 11.6. The second kappa shape index (κ2) is 7.29. The summed E-state index contributed by atoms with van der Waals surface area (Å²) in [6, 6.07) is 14.9. The highest BCUT2D eigenvalue weighted by Crippen LogP contribution is 2.17. The van der Waals surface area contributed by atoms with Crippen molar-refractivity contribution in [2.24, 2.45) is 0 Å². The van der Waals surface area contributed by atoms with Gasteiger partial charge in [0.25, 0.3) is 0 Å². The maximum Gasteiger partial charge on any atom is 0.328 e. The molecule has 2 aromatic rings. The Bertz CT molecular complexity index is 639. The van der Waals surface area contributed by atoms with Crippen LogP contribution in [-0.2, 0) is 11.2 Å². The first-order chi connectivity index (χ1) is 9.75. The van der Waals surface area contributed by atoms with Gasteiger partial charge in [-0.25, -0.2) is 4.79 Å². The number of rotatable bonds is 6. The minimum absolute atomic E-state index is 0.911. The fraction of sp³-hybridized carbons (Fsp3) is 0.167. The van der Waals surface area contributed by atoms with E-state index in [2.05, 4.69) is 42.5 Å². The predicted molar refractivity (Wildman–Crippen MR) is 82.8 cm³/mol. The van der Waals surface area contributed by atoms with Crippen molar-refractivity contribution in [3.05, 3.63) is 72.3 Å². The van der Waals surface area contributed by atoms with Crippen LogP contribution >= 0.6 is 0 Å². The van der Waals surface area contributed by atoms with Crippen molar-refractivity contribution >= 4 is 16.7 Å². The third kappa shape index (κ3) is 4.39. The van der Waals surface area contributed by atoms with Crippen LogP contribution in [0.3, 0.4) is 0 Å². The summed E-state index contributed by atoms with van der Waals surface area (Å²) in [5, 5.41) is 11.0. The minimum atomic E-state index is -0.911. The molecule has 1 N–H and O–H groups in total. The molecule has 0 saturated heterocycles. The van der Waals surface area contributed by atoms with Crippen molar-refractivity contribution in [2.45, 2.75) is 19.3 Å². The lowest BCUT2D eigenvalue weighted by atomic mass is 10.0. The molecule has 0 unspecified atom stereocenters. The predicted octanol–water partition coefficient (Wildman–Crippen LogP) is 4.36. The van der Waals surface area contributed by atoms with E-state index < -0.39 is 5.97 Å². The van der Waals surface area contributed by atoms with Crippen molar-refractivity contribution in [3.63, 3.8) is 0 Å². The molecule has 2 heteroatoms. The van der Waals surface area contributed by atoms with Crippen molar-refractivity contribution in [2.75, 3.05) is 0 Å². The van der Waals surface area contributed by atoms with Crippen LogP contribution in [0.15, 0.2) is 66.8 Å². The monoisotopic (exact) mass is 266 g/mol. The van der Waals surface area contributed by atoms with Gasteiger partial charge in [0.15, 0.2) is 0 Å². The zero-order valence-corrected chi connectivity index (χ0v) is 11.3. The van der Waals surface area contributed by atoms with Crippen LogP contribution in [0.1, 0.15) is 18.4 Å². The fourth-order valence-corrected chi connectivity index (χ4v) is 2.13. The van der Waals surface area contributed by atoms with Crippen LogP contribution in [0.2, 0.25) is 0 Å². The van der Waals surface area contributed by atoms with Gasteiger partial charge >= 0.3 is 5.97 Å². The lowest BCUT2D eigenvalue weighted by Gasteiger charge is -2.02. The van der Waals surface area contributed by atoms with Gasteiger partial charge in [-0.2, -0.15) is 0 Å². The van der Waals surface area contributed by atoms with Gasteiger partial charge in [-0.3, -0.25) is 0 Å². The number of carbonyl (C=O) groups is 1. The van der Waals surface area contributed by atoms with Crippen LogP contribution in [0.25, 0.3) is 10.8 Å².